The fourth-order valence-electron chi connectivity index (χ4n) is 4.16. The number of nitrogens with one attached hydrogen (secondary N) is 3. The van der Waals surface area contributed by atoms with E-state index in [0.717, 1.165) is 54.2 Å². The topological polar surface area (TPSA) is 95.2 Å². The predicted octanol–water partition coefficient (Wildman–Crippen LogP) is 3.46. The van der Waals surface area contributed by atoms with Crippen molar-refractivity contribution in [2.24, 2.45) is 0 Å². The molecular weight excluding hydrogens is 404 g/mol. The highest BCUT2D eigenvalue weighted by atomic mass is 16.5. The maximum Gasteiger partial charge on any atom is 0.239 e. The summed E-state index contributed by atoms with van der Waals surface area (Å²) >= 11 is 0. The molecule has 8 nitrogen and oxygen atoms in total. The van der Waals surface area contributed by atoms with E-state index in [1.54, 1.807) is 13.4 Å². The minimum atomic E-state index is -0.0328. The fourth-order valence-corrected chi connectivity index (χ4v) is 4.16. The number of aromatic amines is 1. The molecule has 3 aromatic rings. The summed E-state index contributed by atoms with van der Waals surface area (Å²) in [4.78, 5) is 26.8. The Morgan fingerprint density at radius 3 is 2.91 bits per heavy atom. The first-order valence-corrected chi connectivity index (χ1v) is 11.1. The summed E-state index contributed by atoms with van der Waals surface area (Å²) in [6.45, 7) is 8.33. The van der Waals surface area contributed by atoms with E-state index in [1.165, 1.54) is 5.56 Å². The lowest BCUT2D eigenvalue weighted by atomic mass is 9.87. The van der Waals surface area contributed by atoms with E-state index in [1.807, 2.05) is 18.3 Å². The zero-order valence-corrected chi connectivity index (χ0v) is 19.2. The summed E-state index contributed by atoms with van der Waals surface area (Å²) in [7, 11) is 1.64. The molecule has 8 heteroatoms. The van der Waals surface area contributed by atoms with Crippen molar-refractivity contribution < 1.29 is 9.53 Å². The third-order valence-electron chi connectivity index (χ3n) is 5.92. The van der Waals surface area contributed by atoms with Crippen LogP contribution in [0.2, 0.25) is 0 Å². The van der Waals surface area contributed by atoms with E-state index < -0.39 is 0 Å². The van der Waals surface area contributed by atoms with Crippen molar-refractivity contribution in [2.75, 3.05) is 37.0 Å². The standard InChI is InChI=1S/C24H32N6O2/c1-24(2,3)16-7-8-20(32-4)19(12-16)26-13-21(31)29-17-6-5-11-30(14-17)23-18-9-10-25-22(18)27-15-28-23/h7-10,12,15,17,26H,5-6,11,13-14H2,1-4H3,(H,29,31)(H,25,27,28)/t17-/m1/s1. The van der Waals surface area contributed by atoms with Crippen LogP contribution in [0.4, 0.5) is 11.5 Å². The first-order chi connectivity index (χ1) is 15.3. The quantitative estimate of drug-likeness (QED) is 0.548. The molecule has 3 heterocycles. The molecule has 1 aliphatic heterocycles. The zero-order valence-electron chi connectivity index (χ0n) is 19.2. The lowest BCUT2D eigenvalue weighted by Gasteiger charge is -2.34. The molecule has 4 rings (SSSR count). The molecule has 0 radical (unpaired) electrons. The summed E-state index contributed by atoms with van der Waals surface area (Å²) in [5.41, 5.74) is 2.86. The average Bonchev–Trinajstić information content (AvgIpc) is 3.26. The molecule has 1 fully saturated rings. The molecule has 32 heavy (non-hydrogen) atoms. The number of amides is 1. The summed E-state index contributed by atoms with van der Waals surface area (Å²) in [6.07, 6.45) is 5.40. The molecule has 1 aromatic carbocycles. The third kappa shape index (κ3) is 4.79. The smallest absolute Gasteiger partial charge is 0.239 e. The molecular formula is C24H32N6O2. The molecule has 0 spiro atoms. The Labute approximate surface area is 188 Å². The van der Waals surface area contributed by atoms with Crippen molar-refractivity contribution in [2.45, 2.75) is 45.1 Å². The van der Waals surface area contributed by atoms with Crippen LogP contribution in [0, 0.1) is 0 Å². The molecule has 3 N–H and O–H groups in total. The van der Waals surface area contributed by atoms with Gasteiger partial charge in [-0.25, -0.2) is 9.97 Å². The van der Waals surface area contributed by atoms with E-state index >= 15 is 0 Å². The lowest BCUT2D eigenvalue weighted by molar-refractivity contribution is -0.120. The zero-order chi connectivity index (χ0) is 22.7. The second-order valence-electron chi connectivity index (χ2n) is 9.31. The number of carbonyl (C=O) groups excluding carboxylic acids is 1. The normalized spacial score (nSPS) is 16.8. The highest BCUT2D eigenvalue weighted by Crippen LogP contribution is 2.31. The number of benzene rings is 1. The van der Waals surface area contributed by atoms with Gasteiger partial charge in [-0.1, -0.05) is 26.8 Å². The van der Waals surface area contributed by atoms with Crippen molar-refractivity contribution in [1.29, 1.82) is 0 Å². The first-order valence-electron chi connectivity index (χ1n) is 11.1. The van der Waals surface area contributed by atoms with Gasteiger partial charge in [-0.3, -0.25) is 4.79 Å². The highest BCUT2D eigenvalue weighted by molar-refractivity contribution is 5.87. The van der Waals surface area contributed by atoms with Gasteiger partial charge >= 0.3 is 0 Å². The molecule has 1 atom stereocenters. The van der Waals surface area contributed by atoms with Crippen LogP contribution in [-0.2, 0) is 10.2 Å². The van der Waals surface area contributed by atoms with Crippen LogP contribution in [0.5, 0.6) is 5.75 Å². The van der Waals surface area contributed by atoms with E-state index in [0.29, 0.717) is 0 Å². The van der Waals surface area contributed by atoms with Gasteiger partial charge in [0.2, 0.25) is 5.91 Å². The van der Waals surface area contributed by atoms with Gasteiger partial charge in [0.15, 0.2) is 0 Å². The lowest BCUT2D eigenvalue weighted by Crippen LogP contribution is -2.49. The van der Waals surface area contributed by atoms with Crippen LogP contribution in [0.15, 0.2) is 36.8 Å². The number of H-pyrrole nitrogens is 1. The molecule has 1 aliphatic rings. The summed E-state index contributed by atoms with van der Waals surface area (Å²) in [6, 6.07) is 8.14. The fraction of sp³-hybridized carbons (Fsp3) is 0.458. The molecule has 0 bridgehead atoms. The van der Waals surface area contributed by atoms with Gasteiger partial charge in [-0.05, 0) is 42.0 Å². The summed E-state index contributed by atoms with van der Waals surface area (Å²) < 4.78 is 5.47. The number of nitrogens with zero attached hydrogens (tertiary/aromatic N) is 3. The Kier molecular flexibility index (Phi) is 6.21. The number of methoxy groups -OCH3 is 1. The molecule has 1 amide bonds. The molecule has 1 saturated heterocycles. The number of anilines is 2. The highest BCUT2D eigenvalue weighted by Gasteiger charge is 2.24. The van der Waals surface area contributed by atoms with Crippen molar-refractivity contribution in [3.8, 4) is 5.75 Å². The van der Waals surface area contributed by atoms with Crippen LogP contribution in [0.3, 0.4) is 0 Å². The first kappa shape index (κ1) is 21.9. The maximum absolute atomic E-state index is 12.7. The SMILES string of the molecule is COc1ccc(C(C)(C)C)cc1NCC(=O)N[C@@H]1CCCN(c2ncnc3[nH]ccc23)C1. The van der Waals surface area contributed by atoms with E-state index in [9.17, 15) is 4.79 Å². The monoisotopic (exact) mass is 436 g/mol. The van der Waals surface area contributed by atoms with Gasteiger partial charge in [0.05, 0.1) is 24.7 Å². The second kappa shape index (κ2) is 9.06. The number of piperidine rings is 1. The van der Waals surface area contributed by atoms with Gasteiger partial charge in [0.25, 0.3) is 0 Å². The summed E-state index contributed by atoms with van der Waals surface area (Å²) in [5, 5.41) is 7.44. The Morgan fingerprint density at radius 1 is 1.28 bits per heavy atom. The van der Waals surface area contributed by atoms with Crippen molar-refractivity contribution in [3.05, 3.63) is 42.4 Å². The van der Waals surface area contributed by atoms with Crippen LogP contribution in [0.1, 0.15) is 39.2 Å². The van der Waals surface area contributed by atoms with E-state index in [4.69, 9.17) is 4.74 Å². The minimum Gasteiger partial charge on any atom is -0.495 e. The molecule has 0 saturated carbocycles. The van der Waals surface area contributed by atoms with Crippen molar-refractivity contribution >= 4 is 28.4 Å². The Bertz CT molecular complexity index is 1090. The van der Waals surface area contributed by atoms with Gasteiger partial charge in [-0.2, -0.15) is 0 Å². The van der Waals surface area contributed by atoms with Gasteiger partial charge in [0.1, 0.15) is 23.5 Å². The van der Waals surface area contributed by atoms with E-state index in [-0.39, 0.29) is 23.9 Å². The largest absolute Gasteiger partial charge is 0.495 e. The number of fused-ring (bicyclic) bond motifs is 1. The van der Waals surface area contributed by atoms with Crippen molar-refractivity contribution in [3.63, 3.8) is 0 Å². The van der Waals surface area contributed by atoms with Gasteiger partial charge < -0.3 is 25.3 Å². The number of carbonyl (C=O) groups is 1. The predicted molar refractivity (Wildman–Crippen MR) is 127 cm³/mol. The van der Waals surface area contributed by atoms with Crippen LogP contribution >= 0.6 is 0 Å². The molecule has 170 valence electrons. The Hall–Kier alpha value is -3.29. The van der Waals surface area contributed by atoms with Crippen LogP contribution < -0.4 is 20.3 Å². The van der Waals surface area contributed by atoms with Crippen LogP contribution in [0.25, 0.3) is 11.0 Å². The van der Waals surface area contributed by atoms with E-state index in [2.05, 4.69) is 63.4 Å². The number of hydrogen-bond donors (Lipinski definition) is 3. The number of rotatable bonds is 6. The number of aromatic nitrogens is 3. The van der Waals surface area contributed by atoms with Crippen LogP contribution in [-0.4, -0.2) is 53.6 Å². The number of ether oxygens (including phenoxy) is 1. The molecule has 0 aliphatic carbocycles. The molecule has 2 aromatic heterocycles. The van der Waals surface area contributed by atoms with Gasteiger partial charge in [0, 0.05) is 25.3 Å². The van der Waals surface area contributed by atoms with Gasteiger partial charge in [-0.15, -0.1) is 0 Å². The average molecular weight is 437 g/mol. The third-order valence-corrected chi connectivity index (χ3v) is 5.92. The Balaban J connectivity index is 1.38. The number of hydrogen-bond acceptors (Lipinski definition) is 6. The van der Waals surface area contributed by atoms with Crippen molar-refractivity contribution in [1.82, 2.24) is 20.3 Å². The minimum absolute atomic E-state index is 0.0163. The maximum atomic E-state index is 12.7. The molecule has 0 unspecified atom stereocenters. The summed E-state index contributed by atoms with van der Waals surface area (Å²) in [5.74, 6) is 1.61. The Morgan fingerprint density at radius 2 is 2.12 bits per heavy atom. The second-order valence-corrected chi connectivity index (χ2v) is 9.31.